The van der Waals surface area contributed by atoms with E-state index in [1.165, 1.54) is 0 Å². The van der Waals surface area contributed by atoms with Crippen LogP contribution in [0.15, 0.2) is 30.3 Å². The number of thioether (sulfide) groups is 2. The van der Waals surface area contributed by atoms with E-state index >= 15 is 0 Å². The van der Waals surface area contributed by atoms with Gasteiger partial charge < -0.3 is 30.9 Å². The molecule has 5 rings (SSSR count). The first kappa shape index (κ1) is 45.5. The van der Waals surface area contributed by atoms with Crippen molar-refractivity contribution in [1.82, 2.24) is 26.2 Å². The average Bonchev–Trinajstić information content (AvgIpc) is 3.85. The summed E-state index contributed by atoms with van der Waals surface area (Å²) in [6, 6.07) is 4.59. The summed E-state index contributed by atoms with van der Waals surface area (Å²) in [6.45, 7) is 6.72. The third-order valence-electron chi connectivity index (χ3n) is 11.5. The molecule has 13 nitrogen and oxygen atoms in total. The Morgan fingerprint density at radius 3 is 2.14 bits per heavy atom. The molecule has 0 aromatic heterocycles. The number of carbonyl (C=O) groups excluding carboxylic acids is 7. The molecule has 4 N–H and O–H groups in total. The molecule has 15 heteroatoms. The van der Waals surface area contributed by atoms with Gasteiger partial charge >= 0.3 is 5.97 Å². The molecule has 2 aliphatic carbocycles. The van der Waals surface area contributed by atoms with Gasteiger partial charge in [-0.05, 0) is 88.2 Å². The van der Waals surface area contributed by atoms with Crippen molar-refractivity contribution in [3.05, 3.63) is 35.9 Å². The van der Waals surface area contributed by atoms with Gasteiger partial charge in [-0.25, -0.2) is 4.79 Å². The van der Waals surface area contributed by atoms with E-state index in [0.29, 0.717) is 37.3 Å². The van der Waals surface area contributed by atoms with Gasteiger partial charge in [-0.2, -0.15) is 0 Å². The van der Waals surface area contributed by atoms with E-state index in [-0.39, 0.29) is 24.2 Å². The van der Waals surface area contributed by atoms with E-state index in [4.69, 9.17) is 4.74 Å². The number of amides is 5. The summed E-state index contributed by atoms with van der Waals surface area (Å²) in [5.74, 6) is -2.13. The van der Waals surface area contributed by atoms with Crippen molar-refractivity contribution in [2.24, 2.45) is 11.8 Å². The van der Waals surface area contributed by atoms with E-state index in [1.807, 2.05) is 6.92 Å². The molecule has 4 aliphatic rings. The number of likely N-dealkylation sites (tertiary alicyclic amines) is 1. The monoisotopic (exact) mass is 841 g/mol. The summed E-state index contributed by atoms with van der Waals surface area (Å²) in [5.41, 5.74) is -0.325. The standard InChI is InChI=1S/C43H63N5O8S2/c1-5-15-31(37(51)39(53)44-26-34(50)47-36(30-20-10-7-11-21-30)41(55)56-42(2,3)4)45-38(52)32-25-43(57-22-14-23-58-43)27-48(32)40(54)35(29-18-8-6-9-19-29)46-33(49)24-28-16-12-13-17-28/h7,10-11,20-21,28-29,31-32,35-36H,5-6,8-9,12-19,22-27H2,1-4H3,(H,44,53)(H,45,52)(H,46,49)(H,47,50)/t31?,32-,35-,36?/m0/s1. The maximum Gasteiger partial charge on any atom is 0.333 e. The molecular weight excluding hydrogens is 779 g/mol. The van der Waals surface area contributed by atoms with Gasteiger partial charge in [0.15, 0.2) is 6.04 Å². The molecule has 2 saturated heterocycles. The Morgan fingerprint density at radius 1 is 0.845 bits per heavy atom. The molecule has 0 radical (unpaired) electrons. The SMILES string of the molecule is CCCC(NC(=O)[C@@H]1CC2(CN1C(=O)[C@@H](NC(=O)CC1CCCC1)C1CCCCC1)SCCCS2)C(=O)C(=O)NCC(=O)NC(C(=O)OC(C)(C)C)c1ccccc1. The molecule has 4 atom stereocenters. The highest BCUT2D eigenvalue weighted by Crippen LogP contribution is 2.50. The topological polar surface area (TPSA) is 180 Å². The van der Waals surface area contributed by atoms with Crippen LogP contribution in [0, 0.1) is 11.8 Å². The second kappa shape index (κ2) is 21.1. The van der Waals surface area contributed by atoms with E-state index < -0.39 is 69.9 Å². The molecular formula is C43H63N5O8S2. The van der Waals surface area contributed by atoms with Gasteiger partial charge in [0.2, 0.25) is 29.4 Å². The second-order valence-corrected chi connectivity index (χ2v) is 20.5. The number of benzene rings is 1. The smallest absolute Gasteiger partial charge is 0.333 e. The number of carbonyl (C=O) groups is 7. The number of rotatable bonds is 16. The predicted molar refractivity (Wildman–Crippen MR) is 225 cm³/mol. The quantitative estimate of drug-likeness (QED) is 0.131. The fraction of sp³-hybridized carbons (Fsp3) is 0.698. The fourth-order valence-electron chi connectivity index (χ4n) is 8.60. The van der Waals surface area contributed by atoms with Gasteiger partial charge in [0.05, 0.1) is 16.7 Å². The highest BCUT2D eigenvalue weighted by molar-refractivity contribution is 8.18. The van der Waals surface area contributed by atoms with Crippen LogP contribution in [0.2, 0.25) is 0 Å². The lowest BCUT2D eigenvalue weighted by molar-refractivity contribution is -0.158. The minimum atomic E-state index is -1.19. The first-order valence-electron chi connectivity index (χ1n) is 21.3. The van der Waals surface area contributed by atoms with Crippen LogP contribution in [0.3, 0.4) is 0 Å². The van der Waals surface area contributed by atoms with Gasteiger partial charge in [0.25, 0.3) is 5.91 Å². The highest BCUT2D eigenvalue weighted by Gasteiger charge is 2.52. The maximum atomic E-state index is 14.8. The van der Waals surface area contributed by atoms with Crippen molar-refractivity contribution in [1.29, 1.82) is 0 Å². The first-order chi connectivity index (χ1) is 27.7. The first-order valence-corrected chi connectivity index (χ1v) is 23.2. The molecule has 2 aliphatic heterocycles. The number of nitrogens with zero attached hydrogens (tertiary/aromatic N) is 1. The van der Waals surface area contributed by atoms with Crippen molar-refractivity contribution in [2.45, 2.75) is 151 Å². The largest absolute Gasteiger partial charge is 0.458 e. The summed E-state index contributed by atoms with van der Waals surface area (Å²) in [5, 5.41) is 10.9. The number of esters is 1. The van der Waals surface area contributed by atoms with Crippen LogP contribution in [0.25, 0.3) is 0 Å². The van der Waals surface area contributed by atoms with Crippen LogP contribution in [-0.4, -0.2) is 98.6 Å². The number of hydrogen-bond donors (Lipinski definition) is 4. The molecule has 0 bridgehead atoms. The maximum absolute atomic E-state index is 14.8. The number of ether oxygens (including phenoxy) is 1. The molecule has 2 unspecified atom stereocenters. The summed E-state index contributed by atoms with van der Waals surface area (Å²) in [6.07, 6.45) is 11.4. The normalized spacial score (nSPS) is 21.4. The van der Waals surface area contributed by atoms with Crippen LogP contribution in [-0.2, 0) is 38.3 Å². The van der Waals surface area contributed by atoms with Gasteiger partial charge in [0.1, 0.15) is 17.7 Å². The fourth-order valence-corrected chi connectivity index (χ4v) is 11.9. The van der Waals surface area contributed by atoms with Gasteiger partial charge in [-0.3, -0.25) is 28.8 Å². The zero-order valence-electron chi connectivity index (χ0n) is 34.6. The third-order valence-corrected chi connectivity index (χ3v) is 14.8. The molecule has 2 saturated carbocycles. The van der Waals surface area contributed by atoms with Crippen LogP contribution in [0.4, 0.5) is 0 Å². The van der Waals surface area contributed by atoms with Gasteiger partial charge in [0, 0.05) is 19.4 Å². The Balaban J connectivity index is 1.27. The molecule has 1 aromatic rings. The minimum Gasteiger partial charge on any atom is -0.458 e. The third kappa shape index (κ3) is 12.7. The molecule has 58 heavy (non-hydrogen) atoms. The zero-order valence-corrected chi connectivity index (χ0v) is 36.2. The second-order valence-electron chi connectivity index (χ2n) is 17.3. The van der Waals surface area contributed by atoms with Gasteiger partial charge in [-0.1, -0.05) is 75.8 Å². The number of nitrogens with one attached hydrogen (secondary N) is 4. The summed E-state index contributed by atoms with van der Waals surface area (Å²) in [4.78, 5) is 97.1. The van der Waals surface area contributed by atoms with Crippen molar-refractivity contribution in [2.75, 3.05) is 24.6 Å². The van der Waals surface area contributed by atoms with Crippen molar-refractivity contribution in [3.63, 3.8) is 0 Å². The number of ketones is 1. The van der Waals surface area contributed by atoms with E-state index in [0.717, 1.165) is 75.7 Å². The Hall–Kier alpha value is -3.59. The van der Waals surface area contributed by atoms with Crippen LogP contribution in [0.1, 0.15) is 129 Å². The highest BCUT2D eigenvalue weighted by atomic mass is 32.2. The summed E-state index contributed by atoms with van der Waals surface area (Å²) >= 11 is 3.52. The van der Waals surface area contributed by atoms with Crippen LogP contribution < -0.4 is 21.3 Å². The van der Waals surface area contributed by atoms with E-state index in [1.54, 1.807) is 79.5 Å². The van der Waals surface area contributed by atoms with E-state index in [9.17, 15) is 33.6 Å². The molecule has 1 aromatic carbocycles. The Kier molecular flexibility index (Phi) is 16.5. The van der Waals surface area contributed by atoms with Crippen molar-refractivity contribution >= 4 is 64.8 Å². The van der Waals surface area contributed by atoms with Crippen LogP contribution >= 0.6 is 23.5 Å². The van der Waals surface area contributed by atoms with E-state index in [2.05, 4.69) is 21.3 Å². The lowest BCUT2D eigenvalue weighted by Crippen LogP contribution is -2.58. The Morgan fingerprint density at radius 2 is 1.50 bits per heavy atom. The lowest BCUT2D eigenvalue weighted by Gasteiger charge is -2.36. The zero-order chi connectivity index (χ0) is 41.9. The number of Topliss-reactive ketones (excluding diaryl/α,β-unsaturated/α-hetero) is 1. The molecule has 320 valence electrons. The molecule has 2 heterocycles. The molecule has 4 fully saturated rings. The van der Waals surface area contributed by atoms with Crippen molar-refractivity contribution < 1.29 is 38.3 Å². The summed E-state index contributed by atoms with van der Waals surface area (Å²) < 4.78 is 5.12. The average molecular weight is 842 g/mol. The van der Waals surface area contributed by atoms with Gasteiger partial charge in [-0.15, -0.1) is 23.5 Å². The molecule has 5 amide bonds. The Bertz CT molecular complexity index is 1620. The lowest BCUT2D eigenvalue weighted by atomic mass is 9.83. The van der Waals surface area contributed by atoms with Crippen molar-refractivity contribution in [3.8, 4) is 0 Å². The molecule has 1 spiro atoms. The van der Waals surface area contributed by atoms with Crippen LogP contribution in [0.5, 0.6) is 0 Å². The summed E-state index contributed by atoms with van der Waals surface area (Å²) in [7, 11) is 0. The predicted octanol–water partition coefficient (Wildman–Crippen LogP) is 4.97. The number of hydrogen-bond acceptors (Lipinski definition) is 10. The minimum absolute atomic E-state index is 0.0249. The Labute approximate surface area is 351 Å².